The van der Waals surface area contributed by atoms with Crippen molar-refractivity contribution in [2.75, 3.05) is 0 Å². The Morgan fingerprint density at radius 2 is 2.00 bits per heavy atom. The summed E-state index contributed by atoms with van der Waals surface area (Å²) in [5.74, 6) is 0.0608. The molecule has 0 radical (unpaired) electrons. The van der Waals surface area contributed by atoms with Gasteiger partial charge in [0.15, 0.2) is 0 Å². The highest BCUT2D eigenvalue weighted by Crippen LogP contribution is 2.28. The number of halogens is 2. The summed E-state index contributed by atoms with van der Waals surface area (Å²) in [6.07, 6.45) is 0. The fraction of sp³-hybridized carbons (Fsp3) is 0.143. The Kier molecular flexibility index (Phi) is 3.82. The van der Waals surface area contributed by atoms with Gasteiger partial charge in [0.1, 0.15) is 23.2 Å². The molecule has 96 valence electrons. The predicted molar refractivity (Wildman–Crippen MR) is 72.6 cm³/mol. The van der Waals surface area contributed by atoms with Gasteiger partial charge in [-0.3, -0.25) is 0 Å². The molecule has 19 heavy (non-hydrogen) atoms. The van der Waals surface area contributed by atoms with E-state index >= 15 is 0 Å². The highest BCUT2D eigenvalue weighted by atomic mass is 79.9. The number of rotatable bonds is 2. The standard InChI is InChI=1S/C14H10BrFN2O/c1-8-3-9(2)18-14(13(8)7-17)19-12-5-10(15)4-11(16)6-12/h3-6H,1-2H3. The fourth-order valence-corrected chi connectivity index (χ4v) is 2.16. The Balaban J connectivity index is 2.46. The first-order valence-corrected chi connectivity index (χ1v) is 6.31. The van der Waals surface area contributed by atoms with Gasteiger partial charge in [-0.05, 0) is 37.6 Å². The van der Waals surface area contributed by atoms with E-state index in [1.165, 1.54) is 12.1 Å². The lowest BCUT2D eigenvalue weighted by Crippen LogP contribution is -1.97. The molecule has 0 fully saturated rings. The van der Waals surface area contributed by atoms with Crippen molar-refractivity contribution < 1.29 is 9.13 Å². The number of aromatic nitrogens is 1. The molecule has 3 nitrogen and oxygen atoms in total. The highest BCUT2D eigenvalue weighted by Gasteiger charge is 2.11. The van der Waals surface area contributed by atoms with E-state index in [1.54, 1.807) is 12.1 Å². The second-order valence-corrected chi connectivity index (χ2v) is 5.00. The number of hydrogen-bond acceptors (Lipinski definition) is 3. The van der Waals surface area contributed by atoms with Gasteiger partial charge in [-0.2, -0.15) is 5.26 Å². The molecule has 0 saturated heterocycles. The van der Waals surface area contributed by atoms with E-state index in [2.05, 4.69) is 20.9 Å². The van der Waals surface area contributed by atoms with Gasteiger partial charge in [0.25, 0.3) is 0 Å². The summed E-state index contributed by atoms with van der Waals surface area (Å²) in [5.41, 5.74) is 1.87. The van der Waals surface area contributed by atoms with Crippen LogP contribution in [0.1, 0.15) is 16.8 Å². The lowest BCUT2D eigenvalue weighted by molar-refractivity contribution is 0.454. The monoisotopic (exact) mass is 320 g/mol. The Morgan fingerprint density at radius 3 is 2.63 bits per heavy atom. The third kappa shape index (κ3) is 3.09. The number of pyridine rings is 1. The van der Waals surface area contributed by atoms with E-state index in [1.807, 2.05) is 19.9 Å². The van der Waals surface area contributed by atoms with Crippen molar-refractivity contribution in [3.05, 3.63) is 51.4 Å². The minimum absolute atomic E-state index is 0.192. The Bertz CT molecular complexity index is 660. The fourth-order valence-electron chi connectivity index (χ4n) is 1.71. The SMILES string of the molecule is Cc1cc(C)c(C#N)c(Oc2cc(F)cc(Br)c2)n1. The van der Waals surface area contributed by atoms with Crippen molar-refractivity contribution in [3.8, 4) is 17.7 Å². The zero-order chi connectivity index (χ0) is 14.0. The Morgan fingerprint density at radius 1 is 1.26 bits per heavy atom. The van der Waals surface area contributed by atoms with Crippen LogP contribution in [0.4, 0.5) is 4.39 Å². The minimum Gasteiger partial charge on any atom is -0.438 e. The van der Waals surface area contributed by atoms with Crippen LogP contribution in [0.15, 0.2) is 28.7 Å². The largest absolute Gasteiger partial charge is 0.438 e. The normalized spacial score (nSPS) is 10.1. The van der Waals surface area contributed by atoms with Crippen LogP contribution in [0.5, 0.6) is 11.6 Å². The third-order valence-electron chi connectivity index (χ3n) is 2.47. The summed E-state index contributed by atoms with van der Waals surface area (Å²) >= 11 is 3.19. The van der Waals surface area contributed by atoms with E-state index in [4.69, 9.17) is 10.00 Å². The zero-order valence-electron chi connectivity index (χ0n) is 10.4. The summed E-state index contributed by atoms with van der Waals surface area (Å²) in [5, 5.41) is 9.12. The number of aryl methyl sites for hydroxylation is 2. The molecule has 0 unspecified atom stereocenters. The summed E-state index contributed by atoms with van der Waals surface area (Å²) in [6.45, 7) is 3.62. The van der Waals surface area contributed by atoms with E-state index in [0.29, 0.717) is 15.8 Å². The van der Waals surface area contributed by atoms with Crippen molar-refractivity contribution >= 4 is 15.9 Å². The molecular formula is C14H10BrFN2O. The quantitative estimate of drug-likeness (QED) is 0.830. The van der Waals surface area contributed by atoms with Gasteiger partial charge < -0.3 is 4.74 Å². The molecule has 1 heterocycles. The number of benzene rings is 1. The molecule has 0 bridgehead atoms. The molecule has 1 aromatic heterocycles. The maximum absolute atomic E-state index is 13.3. The molecule has 0 aliphatic rings. The molecule has 0 spiro atoms. The number of hydrogen-bond donors (Lipinski definition) is 0. The molecule has 2 rings (SSSR count). The Hall–Kier alpha value is -1.93. The smallest absolute Gasteiger partial charge is 0.237 e. The Labute approximate surface area is 118 Å². The van der Waals surface area contributed by atoms with Gasteiger partial charge >= 0.3 is 0 Å². The van der Waals surface area contributed by atoms with E-state index in [-0.39, 0.29) is 5.88 Å². The first-order valence-electron chi connectivity index (χ1n) is 5.52. The lowest BCUT2D eigenvalue weighted by atomic mass is 10.1. The molecule has 5 heteroatoms. The topological polar surface area (TPSA) is 45.9 Å². The molecule has 0 aliphatic heterocycles. The molecule has 0 aliphatic carbocycles. The van der Waals surface area contributed by atoms with E-state index in [9.17, 15) is 4.39 Å². The molecule has 0 amide bonds. The summed E-state index contributed by atoms with van der Waals surface area (Å²) in [7, 11) is 0. The van der Waals surface area contributed by atoms with Crippen LogP contribution in [-0.4, -0.2) is 4.98 Å². The third-order valence-corrected chi connectivity index (χ3v) is 2.93. The van der Waals surface area contributed by atoms with Crippen molar-refractivity contribution in [2.24, 2.45) is 0 Å². The molecule has 0 atom stereocenters. The summed E-state index contributed by atoms with van der Waals surface area (Å²) in [4.78, 5) is 4.18. The van der Waals surface area contributed by atoms with Crippen LogP contribution in [0.25, 0.3) is 0 Å². The number of nitriles is 1. The second kappa shape index (κ2) is 5.37. The first kappa shape index (κ1) is 13.5. The molecule has 1 aromatic carbocycles. The van der Waals surface area contributed by atoms with Gasteiger partial charge in [0.2, 0.25) is 5.88 Å². The van der Waals surface area contributed by atoms with Gasteiger partial charge in [0, 0.05) is 16.2 Å². The second-order valence-electron chi connectivity index (χ2n) is 4.08. The van der Waals surface area contributed by atoms with Crippen LogP contribution < -0.4 is 4.74 Å². The van der Waals surface area contributed by atoms with Crippen molar-refractivity contribution in [1.82, 2.24) is 4.98 Å². The summed E-state index contributed by atoms with van der Waals surface area (Å²) in [6, 6.07) is 8.03. The van der Waals surface area contributed by atoms with Gasteiger partial charge in [-0.1, -0.05) is 15.9 Å². The highest BCUT2D eigenvalue weighted by molar-refractivity contribution is 9.10. The van der Waals surface area contributed by atoms with Crippen LogP contribution in [0.3, 0.4) is 0 Å². The minimum atomic E-state index is -0.424. The van der Waals surface area contributed by atoms with Crippen molar-refractivity contribution in [2.45, 2.75) is 13.8 Å². The number of ether oxygens (including phenoxy) is 1. The summed E-state index contributed by atoms with van der Waals surface area (Å²) < 4.78 is 19.4. The molecule has 0 N–H and O–H groups in total. The average molecular weight is 321 g/mol. The van der Waals surface area contributed by atoms with Crippen molar-refractivity contribution in [1.29, 1.82) is 5.26 Å². The van der Waals surface area contributed by atoms with E-state index < -0.39 is 5.82 Å². The van der Waals surface area contributed by atoms with Crippen LogP contribution in [0.2, 0.25) is 0 Å². The lowest BCUT2D eigenvalue weighted by Gasteiger charge is -2.09. The van der Waals surface area contributed by atoms with Crippen molar-refractivity contribution in [3.63, 3.8) is 0 Å². The van der Waals surface area contributed by atoms with Crippen LogP contribution in [-0.2, 0) is 0 Å². The zero-order valence-corrected chi connectivity index (χ0v) is 12.0. The van der Waals surface area contributed by atoms with Gasteiger partial charge in [0.05, 0.1) is 0 Å². The number of nitrogens with zero attached hydrogens (tertiary/aromatic N) is 2. The van der Waals surface area contributed by atoms with Gasteiger partial charge in [-0.15, -0.1) is 0 Å². The van der Waals surface area contributed by atoms with Crippen LogP contribution in [0, 0.1) is 31.0 Å². The van der Waals surface area contributed by atoms with Gasteiger partial charge in [-0.25, -0.2) is 9.37 Å². The average Bonchev–Trinajstić information content (AvgIpc) is 2.26. The first-order chi connectivity index (χ1) is 8.99. The maximum atomic E-state index is 13.3. The molecule has 0 saturated carbocycles. The maximum Gasteiger partial charge on any atom is 0.237 e. The van der Waals surface area contributed by atoms with Crippen LogP contribution >= 0.6 is 15.9 Å². The van der Waals surface area contributed by atoms with E-state index in [0.717, 1.165) is 11.3 Å². The molecular weight excluding hydrogens is 311 g/mol. The molecule has 2 aromatic rings. The predicted octanol–water partition coefficient (Wildman–Crippen LogP) is 4.26.